The van der Waals surface area contributed by atoms with E-state index in [1.165, 1.54) is 15.2 Å². The molecule has 1 heterocycles. The van der Waals surface area contributed by atoms with Crippen molar-refractivity contribution in [3.05, 3.63) is 47.1 Å². The molecule has 0 saturated heterocycles. The number of halogens is 2. The van der Waals surface area contributed by atoms with Gasteiger partial charge in [0.15, 0.2) is 5.03 Å². The highest BCUT2D eigenvalue weighted by Gasteiger charge is 2.29. The van der Waals surface area contributed by atoms with Gasteiger partial charge in [0.1, 0.15) is 0 Å². The smallest absolute Gasteiger partial charge is 0.262 e. The summed E-state index contributed by atoms with van der Waals surface area (Å²) in [6.07, 6.45) is 1.90. The molecule has 2 rings (SSSR count). The van der Waals surface area contributed by atoms with Gasteiger partial charge in [-0.05, 0) is 18.5 Å². The molecule has 0 atom stereocenters. The van der Waals surface area contributed by atoms with Gasteiger partial charge >= 0.3 is 0 Å². The van der Waals surface area contributed by atoms with Crippen molar-refractivity contribution in [2.45, 2.75) is 18.0 Å². The zero-order valence-corrected chi connectivity index (χ0v) is 15.1. The van der Waals surface area contributed by atoms with Crippen LogP contribution in [0, 0.1) is 0 Å². The van der Waals surface area contributed by atoms with Crippen molar-refractivity contribution in [1.29, 1.82) is 0 Å². The number of aryl methyl sites for hydroxylation is 1. The first-order valence-electron chi connectivity index (χ1n) is 6.88. The van der Waals surface area contributed by atoms with Crippen LogP contribution in [0.2, 0.25) is 5.02 Å². The van der Waals surface area contributed by atoms with E-state index in [9.17, 15) is 8.42 Å². The van der Waals surface area contributed by atoms with Crippen molar-refractivity contribution in [3.8, 4) is 0 Å². The van der Waals surface area contributed by atoms with Crippen molar-refractivity contribution in [2.75, 3.05) is 13.1 Å². The van der Waals surface area contributed by atoms with E-state index in [1.54, 1.807) is 7.05 Å². The summed E-state index contributed by atoms with van der Waals surface area (Å²) in [7, 11) is -2.19. The second-order valence-electron chi connectivity index (χ2n) is 4.89. The molecule has 0 aliphatic carbocycles. The minimum Gasteiger partial charge on any atom is -0.330 e. The summed E-state index contributed by atoms with van der Waals surface area (Å²) < 4.78 is 28.4. The van der Waals surface area contributed by atoms with Crippen molar-refractivity contribution >= 4 is 34.0 Å². The predicted octanol–water partition coefficient (Wildman–Crippen LogP) is 2.04. The number of benzene rings is 1. The lowest BCUT2D eigenvalue weighted by Crippen LogP contribution is -2.34. The molecule has 23 heavy (non-hydrogen) atoms. The molecule has 0 spiro atoms. The van der Waals surface area contributed by atoms with E-state index in [-0.39, 0.29) is 29.0 Å². The minimum atomic E-state index is -3.74. The lowest BCUT2D eigenvalue weighted by molar-refractivity contribution is 0.396. The fourth-order valence-electron chi connectivity index (χ4n) is 2.15. The molecule has 0 bridgehead atoms. The Kier molecular flexibility index (Phi) is 7.50. The number of sulfonamides is 1. The van der Waals surface area contributed by atoms with E-state index < -0.39 is 10.0 Å². The first kappa shape index (κ1) is 19.9. The maximum Gasteiger partial charge on any atom is 0.262 e. The molecule has 1 aromatic heterocycles. The van der Waals surface area contributed by atoms with Gasteiger partial charge < -0.3 is 5.73 Å². The number of nitrogens with two attached hydrogens (primary N) is 1. The lowest BCUT2D eigenvalue weighted by atomic mass is 10.2. The number of hydrogen-bond donors (Lipinski definition) is 1. The fraction of sp³-hybridized carbons (Fsp3) is 0.357. The third kappa shape index (κ3) is 4.68. The molecule has 0 saturated carbocycles. The highest BCUT2D eigenvalue weighted by atomic mass is 35.5. The predicted molar refractivity (Wildman–Crippen MR) is 93.2 cm³/mol. The monoisotopic (exact) mass is 378 g/mol. The molecule has 128 valence electrons. The topological polar surface area (TPSA) is 81.2 Å². The Labute approximate surface area is 147 Å². The van der Waals surface area contributed by atoms with Gasteiger partial charge in [-0.1, -0.05) is 41.9 Å². The van der Waals surface area contributed by atoms with Crippen LogP contribution in [0.4, 0.5) is 0 Å². The Bertz CT molecular complexity index is 700. The quantitative estimate of drug-likeness (QED) is 0.798. The van der Waals surface area contributed by atoms with Crippen LogP contribution in [0.15, 0.2) is 41.6 Å². The van der Waals surface area contributed by atoms with Crippen LogP contribution < -0.4 is 5.73 Å². The van der Waals surface area contributed by atoms with Gasteiger partial charge in [0.05, 0.1) is 11.2 Å². The molecule has 1 aromatic carbocycles. The van der Waals surface area contributed by atoms with Crippen LogP contribution in [0.5, 0.6) is 0 Å². The highest BCUT2D eigenvalue weighted by Crippen LogP contribution is 2.25. The van der Waals surface area contributed by atoms with Crippen LogP contribution in [0.1, 0.15) is 12.0 Å². The van der Waals surface area contributed by atoms with Gasteiger partial charge in [0.2, 0.25) is 0 Å². The zero-order chi connectivity index (χ0) is 16.2. The largest absolute Gasteiger partial charge is 0.330 e. The number of hydrogen-bond acceptors (Lipinski definition) is 4. The molecule has 2 N–H and O–H groups in total. The van der Waals surface area contributed by atoms with Crippen LogP contribution in [0.3, 0.4) is 0 Å². The van der Waals surface area contributed by atoms with Gasteiger partial charge in [-0.2, -0.15) is 9.40 Å². The molecule has 0 amide bonds. The Morgan fingerprint density at radius 3 is 2.48 bits per heavy atom. The van der Waals surface area contributed by atoms with E-state index >= 15 is 0 Å². The summed E-state index contributed by atoms with van der Waals surface area (Å²) in [4.78, 5) is 0. The second-order valence-corrected chi connectivity index (χ2v) is 7.15. The first-order valence-corrected chi connectivity index (χ1v) is 8.70. The Balaban J connectivity index is 0.00000264. The maximum atomic E-state index is 12.9. The first-order chi connectivity index (χ1) is 10.5. The Hall–Kier alpha value is -1.12. The van der Waals surface area contributed by atoms with Crippen molar-refractivity contribution in [1.82, 2.24) is 14.1 Å². The van der Waals surface area contributed by atoms with Gasteiger partial charge in [0.25, 0.3) is 10.0 Å². The number of nitrogens with zero attached hydrogens (tertiary/aromatic N) is 3. The molecule has 0 fully saturated rings. The van der Waals surface area contributed by atoms with Crippen LogP contribution in [-0.4, -0.2) is 35.6 Å². The normalized spacial score (nSPS) is 11.5. The van der Waals surface area contributed by atoms with Gasteiger partial charge in [0, 0.05) is 20.1 Å². The number of aromatic nitrogens is 2. The Morgan fingerprint density at radius 1 is 1.30 bits per heavy atom. The molecule has 0 aliphatic rings. The fourth-order valence-corrected chi connectivity index (χ4v) is 4.22. The van der Waals surface area contributed by atoms with Gasteiger partial charge in [-0.25, -0.2) is 8.42 Å². The van der Waals surface area contributed by atoms with Crippen LogP contribution in [0.25, 0.3) is 0 Å². The van der Waals surface area contributed by atoms with E-state index in [0.29, 0.717) is 19.5 Å². The second kappa shape index (κ2) is 8.65. The average molecular weight is 379 g/mol. The minimum absolute atomic E-state index is 0. The summed E-state index contributed by atoms with van der Waals surface area (Å²) in [5.74, 6) is 0. The lowest BCUT2D eigenvalue weighted by Gasteiger charge is -2.22. The van der Waals surface area contributed by atoms with E-state index in [0.717, 1.165) is 5.56 Å². The summed E-state index contributed by atoms with van der Waals surface area (Å²) in [6, 6.07) is 9.41. The molecular weight excluding hydrogens is 359 g/mol. The average Bonchev–Trinajstić information content (AvgIpc) is 2.84. The summed E-state index contributed by atoms with van der Waals surface area (Å²) >= 11 is 6.00. The number of rotatable bonds is 7. The summed E-state index contributed by atoms with van der Waals surface area (Å²) in [6.45, 7) is 1.01. The maximum absolute atomic E-state index is 12.9. The van der Waals surface area contributed by atoms with E-state index in [2.05, 4.69) is 5.10 Å². The van der Waals surface area contributed by atoms with E-state index in [1.807, 2.05) is 30.3 Å². The van der Waals surface area contributed by atoms with Crippen molar-refractivity contribution in [3.63, 3.8) is 0 Å². The Morgan fingerprint density at radius 2 is 1.96 bits per heavy atom. The molecule has 9 heteroatoms. The molecular formula is C14H20Cl2N4O2S. The van der Waals surface area contributed by atoms with Crippen molar-refractivity contribution in [2.24, 2.45) is 12.8 Å². The summed E-state index contributed by atoms with van der Waals surface area (Å²) in [5, 5.41) is 4.03. The third-order valence-corrected chi connectivity index (χ3v) is 5.59. The standard InChI is InChI=1S/C14H19ClN4O2S.ClH/c1-18-14(13(15)10-17-18)22(20,21)19(9-5-8-16)11-12-6-3-2-4-7-12;/h2-4,6-7,10H,5,8-9,11,16H2,1H3;1H. The van der Waals surface area contributed by atoms with Crippen LogP contribution >= 0.6 is 24.0 Å². The SMILES string of the molecule is Cl.Cn1ncc(Cl)c1S(=O)(=O)N(CCCN)Cc1ccccc1. The third-order valence-electron chi connectivity index (χ3n) is 3.24. The van der Waals surface area contributed by atoms with Crippen molar-refractivity contribution < 1.29 is 8.42 Å². The molecule has 6 nitrogen and oxygen atoms in total. The van der Waals surface area contributed by atoms with Gasteiger partial charge in [-0.3, -0.25) is 4.68 Å². The molecule has 0 aliphatic heterocycles. The highest BCUT2D eigenvalue weighted by molar-refractivity contribution is 7.89. The molecule has 2 aromatic rings. The van der Waals surface area contributed by atoms with E-state index in [4.69, 9.17) is 17.3 Å². The summed E-state index contributed by atoms with van der Waals surface area (Å²) in [5.41, 5.74) is 6.43. The van der Waals surface area contributed by atoms with Crippen LogP contribution in [-0.2, 0) is 23.6 Å². The van der Waals surface area contributed by atoms with Gasteiger partial charge in [-0.15, -0.1) is 12.4 Å². The molecule has 0 radical (unpaired) electrons. The molecule has 0 unspecified atom stereocenters. The zero-order valence-electron chi connectivity index (χ0n) is 12.7.